The molecule has 5 aliphatic rings. The molecule has 5 aliphatic carbocycles. The van der Waals surface area contributed by atoms with E-state index < -0.39 is 0 Å². The van der Waals surface area contributed by atoms with Crippen LogP contribution in [0.1, 0.15) is 106 Å². The average molecular weight is 413 g/mol. The molecule has 0 aromatic carbocycles. The molecule has 0 radical (unpaired) electrons. The van der Waals surface area contributed by atoms with Crippen LogP contribution in [-0.2, 0) is 0 Å². The van der Waals surface area contributed by atoms with E-state index in [1.165, 1.54) is 51.4 Å². The standard InChI is InChI=1S/C29H48O/c1-17(2)27-19(4)23(27)15-18(3)24-9-10-25-22-8-7-20-16-21(30)11-13-28(20,5)26(22)12-14-29(24,25)6/h17-22,24-26,30H,7-16H2,1-6H3/t18-,19-,20+,21+,22+,24+,25+,26+,28+,29-/m1/s1. The predicted octanol–water partition coefficient (Wildman–Crippen LogP) is 7.63. The van der Waals surface area contributed by atoms with Crippen LogP contribution >= 0.6 is 0 Å². The van der Waals surface area contributed by atoms with Gasteiger partial charge in [0, 0.05) is 0 Å². The summed E-state index contributed by atoms with van der Waals surface area (Å²) in [7, 11) is 0. The monoisotopic (exact) mass is 412 g/mol. The lowest BCUT2D eigenvalue weighted by atomic mass is 9.44. The Hall–Kier alpha value is -0.300. The molecular formula is C29H48O. The topological polar surface area (TPSA) is 20.2 Å². The molecule has 5 rings (SSSR count). The number of fused-ring (bicyclic) bond motifs is 5. The van der Waals surface area contributed by atoms with Crippen molar-refractivity contribution in [1.82, 2.24) is 0 Å². The van der Waals surface area contributed by atoms with Crippen LogP contribution in [0.5, 0.6) is 0 Å². The van der Waals surface area contributed by atoms with E-state index in [4.69, 9.17) is 0 Å². The van der Waals surface area contributed by atoms with Gasteiger partial charge in [-0.15, -0.1) is 0 Å². The van der Waals surface area contributed by atoms with E-state index in [2.05, 4.69) is 41.5 Å². The van der Waals surface area contributed by atoms with E-state index in [1.807, 2.05) is 5.57 Å². The van der Waals surface area contributed by atoms with Gasteiger partial charge in [-0.3, -0.25) is 0 Å². The summed E-state index contributed by atoms with van der Waals surface area (Å²) in [6.07, 6.45) is 13.6. The van der Waals surface area contributed by atoms with Crippen molar-refractivity contribution in [2.24, 2.45) is 58.2 Å². The largest absolute Gasteiger partial charge is 0.393 e. The van der Waals surface area contributed by atoms with Crippen molar-refractivity contribution < 1.29 is 5.11 Å². The molecule has 0 aromatic rings. The highest BCUT2D eigenvalue weighted by atomic mass is 16.3. The summed E-state index contributed by atoms with van der Waals surface area (Å²) < 4.78 is 0. The molecule has 0 amide bonds. The highest BCUT2D eigenvalue weighted by Crippen LogP contribution is 2.68. The Labute approximate surface area is 186 Å². The van der Waals surface area contributed by atoms with E-state index in [0.29, 0.717) is 10.8 Å². The number of rotatable bonds is 4. The summed E-state index contributed by atoms with van der Waals surface area (Å²) in [5.74, 6) is 7.05. The van der Waals surface area contributed by atoms with Gasteiger partial charge in [0.1, 0.15) is 0 Å². The van der Waals surface area contributed by atoms with Crippen LogP contribution in [0.25, 0.3) is 0 Å². The zero-order chi connectivity index (χ0) is 21.4. The first-order valence-electron chi connectivity index (χ1n) is 13.6. The fraction of sp³-hybridized carbons (Fsp3) is 0.931. The molecule has 10 atom stereocenters. The number of allylic oxidation sites excluding steroid dienone is 2. The molecule has 0 saturated heterocycles. The first-order chi connectivity index (χ1) is 14.2. The average Bonchev–Trinajstić information content (AvgIpc) is 3.17. The second-order valence-electron chi connectivity index (χ2n) is 13.4. The van der Waals surface area contributed by atoms with Crippen LogP contribution in [0.15, 0.2) is 11.1 Å². The van der Waals surface area contributed by atoms with Crippen molar-refractivity contribution in [2.45, 2.75) is 112 Å². The Morgan fingerprint density at radius 2 is 1.60 bits per heavy atom. The van der Waals surface area contributed by atoms with Crippen molar-refractivity contribution in [1.29, 1.82) is 0 Å². The first kappa shape index (κ1) is 21.5. The maximum atomic E-state index is 10.3. The van der Waals surface area contributed by atoms with Crippen LogP contribution in [-0.4, -0.2) is 11.2 Å². The lowest BCUT2D eigenvalue weighted by Crippen LogP contribution is -2.54. The molecule has 30 heavy (non-hydrogen) atoms. The molecule has 1 heteroatoms. The van der Waals surface area contributed by atoms with Crippen LogP contribution in [0, 0.1) is 58.2 Å². The molecule has 0 heterocycles. The third-order valence-electron chi connectivity index (χ3n) is 11.8. The number of aliphatic hydroxyl groups is 1. The van der Waals surface area contributed by atoms with Gasteiger partial charge >= 0.3 is 0 Å². The van der Waals surface area contributed by atoms with E-state index in [-0.39, 0.29) is 6.10 Å². The van der Waals surface area contributed by atoms with Gasteiger partial charge in [0.05, 0.1) is 6.10 Å². The van der Waals surface area contributed by atoms with Gasteiger partial charge < -0.3 is 5.11 Å². The van der Waals surface area contributed by atoms with Gasteiger partial charge in [0.25, 0.3) is 0 Å². The second kappa shape index (κ2) is 7.36. The summed E-state index contributed by atoms with van der Waals surface area (Å²) in [6.45, 7) is 15.2. The van der Waals surface area contributed by atoms with Crippen LogP contribution < -0.4 is 0 Å². The fourth-order valence-electron chi connectivity index (χ4n) is 10.3. The van der Waals surface area contributed by atoms with Gasteiger partial charge in [-0.25, -0.2) is 0 Å². The summed E-state index contributed by atoms with van der Waals surface area (Å²) in [4.78, 5) is 0. The van der Waals surface area contributed by atoms with Gasteiger partial charge in [-0.05, 0) is 122 Å². The number of aliphatic hydroxyl groups excluding tert-OH is 1. The van der Waals surface area contributed by atoms with Crippen molar-refractivity contribution in [3.05, 3.63) is 11.1 Å². The van der Waals surface area contributed by atoms with Crippen molar-refractivity contribution >= 4 is 0 Å². The summed E-state index contributed by atoms with van der Waals surface area (Å²) >= 11 is 0. The molecule has 1 N–H and O–H groups in total. The van der Waals surface area contributed by atoms with E-state index >= 15 is 0 Å². The molecule has 170 valence electrons. The van der Waals surface area contributed by atoms with Crippen LogP contribution in [0.2, 0.25) is 0 Å². The Kier molecular flexibility index (Phi) is 5.28. The van der Waals surface area contributed by atoms with Crippen LogP contribution in [0.4, 0.5) is 0 Å². The zero-order valence-corrected chi connectivity index (χ0v) is 20.7. The molecule has 0 unspecified atom stereocenters. The minimum Gasteiger partial charge on any atom is -0.393 e. The Morgan fingerprint density at radius 3 is 2.30 bits per heavy atom. The lowest BCUT2D eigenvalue weighted by Gasteiger charge is -2.61. The molecule has 4 saturated carbocycles. The van der Waals surface area contributed by atoms with Crippen molar-refractivity contribution in [3.63, 3.8) is 0 Å². The highest BCUT2D eigenvalue weighted by Gasteiger charge is 2.60. The SMILES string of the molecule is CC(C)C1=C(C[C@@H](C)[C@@H]2CC[C@H]3[C@@H]4CC[C@H]5C[C@@H](O)CC[C@]5(C)[C@H]4CC[C@@]32C)[C@H]1C. The van der Waals surface area contributed by atoms with Crippen LogP contribution in [0.3, 0.4) is 0 Å². The van der Waals surface area contributed by atoms with Crippen molar-refractivity contribution in [3.8, 4) is 0 Å². The molecular weight excluding hydrogens is 364 g/mol. The molecule has 0 bridgehead atoms. The summed E-state index contributed by atoms with van der Waals surface area (Å²) in [6, 6.07) is 0. The van der Waals surface area contributed by atoms with E-state index in [9.17, 15) is 5.11 Å². The quantitative estimate of drug-likeness (QED) is 0.470. The van der Waals surface area contributed by atoms with Gasteiger partial charge in [0.15, 0.2) is 0 Å². The molecule has 0 aromatic heterocycles. The smallest absolute Gasteiger partial charge is 0.0543 e. The normalized spacial score (nSPS) is 51.4. The molecule has 4 fully saturated rings. The maximum Gasteiger partial charge on any atom is 0.0543 e. The summed E-state index contributed by atoms with van der Waals surface area (Å²) in [5.41, 5.74) is 4.73. The highest BCUT2D eigenvalue weighted by molar-refractivity contribution is 5.41. The Morgan fingerprint density at radius 1 is 0.900 bits per heavy atom. The van der Waals surface area contributed by atoms with Gasteiger partial charge in [0.2, 0.25) is 0 Å². The maximum absolute atomic E-state index is 10.3. The second-order valence-corrected chi connectivity index (χ2v) is 13.4. The minimum atomic E-state index is -0.0138. The van der Waals surface area contributed by atoms with E-state index in [0.717, 1.165) is 60.2 Å². The Balaban J connectivity index is 1.32. The zero-order valence-electron chi connectivity index (χ0n) is 20.7. The van der Waals surface area contributed by atoms with Gasteiger partial charge in [-0.1, -0.05) is 52.7 Å². The van der Waals surface area contributed by atoms with Crippen molar-refractivity contribution in [2.75, 3.05) is 0 Å². The van der Waals surface area contributed by atoms with Gasteiger partial charge in [-0.2, -0.15) is 0 Å². The third-order valence-corrected chi connectivity index (χ3v) is 11.8. The lowest BCUT2D eigenvalue weighted by molar-refractivity contribution is -0.129. The third kappa shape index (κ3) is 3.11. The van der Waals surface area contributed by atoms with E-state index in [1.54, 1.807) is 5.57 Å². The minimum absolute atomic E-state index is 0.0138. The predicted molar refractivity (Wildman–Crippen MR) is 126 cm³/mol. The Bertz CT molecular complexity index is 705. The fourth-order valence-corrected chi connectivity index (χ4v) is 10.3. The first-order valence-corrected chi connectivity index (χ1v) is 13.6. The molecule has 0 spiro atoms. The summed E-state index contributed by atoms with van der Waals surface area (Å²) in [5, 5.41) is 10.3. The molecule has 0 aliphatic heterocycles. The number of hydrogen-bond acceptors (Lipinski definition) is 1. The number of hydrogen-bond donors (Lipinski definition) is 1. The molecule has 1 nitrogen and oxygen atoms in total.